The maximum absolute atomic E-state index is 10.3. The second-order valence-corrected chi connectivity index (χ2v) is 4.87. The van der Waals surface area contributed by atoms with Gasteiger partial charge in [0.1, 0.15) is 5.75 Å². The van der Waals surface area contributed by atoms with Gasteiger partial charge in [0.25, 0.3) is 0 Å². The molecule has 1 aliphatic rings. The molecule has 1 heterocycles. The number of piperidine rings is 1. The Bertz CT molecular complexity index is 401. The van der Waals surface area contributed by atoms with Gasteiger partial charge in [-0.2, -0.15) is 0 Å². The van der Waals surface area contributed by atoms with Crippen molar-refractivity contribution in [3.63, 3.8) is 0 Å². The second-order valence-electron chi connectivity index (χ2n) is 4.87. The quantitative estimate of drug-likeness (QED) is 0.498. The molecule has 2 rings (SSSR count). The third-order valence-corrected chi connectivity index (χ3v) is 3.43. The Kier molecular flexibility index (Phi) is 5.44. The van der Waals surface area contributed by atoms with E-state index in [9.17, 15) is 10.2 Å². The van der Waals surface area contributed by atoms with Crippen molar-refractivity contribution in [3.8, 4) is 5.75 Å². The van der Waals surface area contributed by atoms with Gasteiger partial charge in [-0.05, 0) is 37.5 Å². The molecule has 1 fully saturated rings. The Hall–Kier alpha value is -0.780. The molecule has 5 heteroatoms. The molecule has 1 saturated heterocycles. The number of halogens is 1. The van der Waals surface area contributed by atoms with Crippen LogP contribution in [0.1, 0.15) is 37.9 Å². The number of phenolic OH excluding ortho intramolecular Hbond substituents is 1. The van der Waals surface area contributed by atoms with Gasteiger partial charge in [0.05, 0.1) is 11.8 Å². The van der Waals surface area contributed by atoms with Crippen LogP contribution in [0.2, 0.25) is 0 Å². The lowest BCUT2D eigenvalue weighted by molar-refractivity contribution is 0.104. The summed E-state index contributed by atoms with van der Waals surface area (Å²) in [5, 5.41) is 23.0. The lowest BCUT2D eigenvalue weighted by Crippen LogP contribution is -2.44. The molecule has 5 N–H and O–H groups in total. The van der Waals surface area contributed by atoms with Crippen LogP contribution < -0.4 is 11.1 Å². The minimum Gasteiger partial charge on any atom is -0.506 e. The van der Waals surface area contributed by atoms with Gasteiger partial charge in [-0.15, -0.1) is 17.0 Å². The number of rotatable bonds is 2. The summed E-state index contributed by atoms with van der Waals surface area (Å²) >= 11 is 0. The van der Waals surface area contributed by atoms with E-state index in [0.29, 0.717) is 11.7 Å². The Morgan fingerprint density at radius 1 is 1.39 bits per heavy atom. The molecule has 1 aliphatic heterocycles. The number of anilines is 1. The number of hydrogen-bond acceptors (Lipinski definition) is 4. The summed E-state index contributed by atoms with van der Waals surface area (Å²) < 4.78 is 0. The number of nitrogens with two attached hydrogens (primary N) is 1. The van der Waals surface area contributed by atoms with Crippen LogP contribution in [0.3, 0.4) is 0 Å². The Labute approximate surface area is 118 Å². The molecule has 0 radical (unpaired) electrons. The lowest BCUT2D eigenvalue weighted by atomic mass is 9.92. The van der Waals surface area contributed by atoms with E-state index in [1.807, 2.05) is 0 Å². The number of phenols is 1. The molecule has 3 unspecified atom stereocenters. The van der Waals surface area contributed by atoms with E-state index in [0.717, 1.165) is 24.8 Å². The molecule has 102 valence electrons. The van der Waals surface area contributed by atoms with Crippen LogP contribution in [-0.2, 0) is 0 Å². The van der Waals surface area contributed by atoms with Gasteiger partial charge in [-0.1, -0.05) is 12.5 Å². The van der Waals surface area contributed by atoms with Crippen LogP contribution in [0.5, 0.6) is 5.75 Å². The molecule has 18 heavy (non-hydrogen) atoms. The summed E-state index contributed by atoms with van der Waals surface area (Å²) in [6, 6.07) is 5.40. The average molecular weight is 317 g/mol. The van der Waals surface area contributed by atoms with Gasteiger partial charge in [0.2, 0.25) is 0 Å². The highest BCUT2D eigenvalue weighted by molar-refractivity contribution is 8.93. The van der Waals surface area contributed by atoms with Crippen molar-refractivity contribution in [2.45, 2.75) is 44.4 Å². The molecular formula is C13H21BrN2O2. The zero-order valence-corrected chi connectivity index (χ0v) is 12.2. The van der Waals surface area contributed by atoms with Gasteiger partial charge >= 0.3 is 0 Å². The van der Waals surface area contributed by atoms with Crippen molar-refractivity contribution in [1.82, 2.24) is 5.32 Å². The number of hydrogen-bond donors (Lipinski definition) is 4. The zero-order valence-electron chi connectivity index (χ0n) is 10.5. The van der Waals surface area contributed by atoms with Crippen LogP contribution in [0.25, 0.3) is 0 Å². The Morgan fingerprint density at radius 2 is 2.11 bits per heavy atom. The Balaban J connectivity index is 0.00000162. The van der Waals surface area contributed by atoms with E-state index < -0.39 is 6.10 Å². The highest BCUT2D eigenvalue weighted by atomic mass is 79.9. The maximum Gasteiger partial charge on any atom is 0.138 e. The van der Waals surface area contributed by atoms with Gasteiger partial charge in [0.15, 0.2) is 0 Å². The van der Waals surface area contributed by atoms with Crippen molar-refractivity contribution in [1.29, 1.82) is 0 Å². The van der Waals surface area contributed by atoms with E-state index in [1.165, 1.54) is 6.07 Å². The van der Waals surface area contributed by atoms with Crippen molar-refractivity contribution >= 4 is 22.7 Å². The molecule has 0 aromatic heterocycles. The summed E-state index contributed by atoms with van der Waals surface area (Å²) in [4.78, 5) is 0. The molecule has 0 bridgehead atoms. The summed E-state index contributed by atoms with van der Waals surface area (Å²) in [6.07, 6.45) is 2.68. The molecule has 4 nitrogen and oxygen atoms in total. The fourth-order valence-corrected chi connectivity index (χ4v) is 2.41. The van der Waals surface area contributed by atoms with Crippen molar-refractivity contribution in [2.75, 3.05) is 5.73 Å². The molecule has 1 aromatic carbocycles. The van der Waals surface area contributed by atoms with E-state index in [1.54, 1.807) is 12.1 Å². The smallest absolute Gasteiger partial charge is 0.138 e. The normalized spacial score (nSPS) is 25.2. The van der Waals surface area contributed by atoms with Crippen LogP contribution >= 0.6 is 17.0 Å². The van der Waals surface area contributed by atoms with E-state index in [4.69, 9.17) is 5.73 Å². The zero-order chi connectivity index (χ0) is 12.4. The molecular weight excluding hydrogens is 296 g/mol. The first-order valence-electron chi connectivity index (χ1n) is 6.10. The number of benzene rings is 1. The Morgan fingerprint density at radius 3 is 2.72 bits per heavy atom. The second kappa shape index (κ2) is 6.41. The first-order valence-corrected chi connectivity index (χ1v) is 6.10. The molecule has 0 amide bonds. The van der Waals surface area contributed by atoms with E-state index in [2.05, 4.69) is 12.2 Å². The predicted molar refractivity (Wildman–Crippen MR) is 78.0 cm³/mol. The minimum atomic E-state index is -0.569. The van der Waals surface area contributed by atoms with E-state index in [-0.39, 0.29) is 28.8 Å². The van der Waals surface area contributed by atoms with Gasteiger partial charge in [-0.3, -0.25) is 0 Å². The molecule has 0 saturated carbocycles. The van der Waals surface area contributed by atoms with Crippen molar-refractivity contribution in [2.24, 2.45) is 0 Å². The fourth-order valence-electron chi connectivity index (χ4n) is 2.41. The monoisotopic (exact) mass is 316 g/mol. The molecule has 3 atom stereocenters. The third kappa shape index (κ3) is 3.37. The van der Waals surface area contributed by atoms with E-state index >= 15 is 0 Å². The van der Waals surface area contributed by atoms with Crippen LogP contribution in [0, 0.1) is 0 Å². The van der Waals surface area contributed by atoms with Crippen LogP contribution in [0.15, 0.2) is 18.2 Å². The molecule has 0 aliphatic carbocycles. The maximum atomic E-state index is 10.3. The van der Waals surface area contributed by atoms with Gasteiger partial charge < -0.3 is 21.3 Å². The van der Waals surface area contributed by atoms with Gasteiger partial charge in [0, 0.05) is 12.1 Å². The number of aromatic hydroxyl groups is 1. The molecule has 0 spiro atoms. The number of aliphatic hydroxyl groups excluding tert-OH is 1. The molecule has 1 aromatic rings. The predicted octanol–water partition coefficient (Wildman–Crippen LogP) is 2.12. The van der Waals surface area contributed by atoms with Crippen LogP contribution in [0.4, 0.5) is 5.69 Å². The number of nitrogens with one attached hydrogen (secondary N) is 1. The van der Waals surface area contributed by atoms with Gasteiger partial charge in [-0.25, -0.2) is 0 Å². The fraction of sp³-hybridized carbons (Fsp3) is 0.538. The summed E-state index contributed by atoms with van der Waals surface area (Å²) in [5.41, 5.74) is 6.70. The first-order chi connectivity index (χ1) is 8.08. The lowest BCUT2D eigenvalue weighted by Gasteiger charge is -2.32. The van der Waals surface area contributed by atoms with Crippen molar-refractivity contribution < 1.29 is 10.2 Å². The summed E-state index contributed by atoms with van der Waals surface area (Å²) in [7, 11) is 0. The summed E-state index contributed by atoms with van der Waals surface area (Å²) in [5.74, 6) is 0.0610. The SMILES string of the molecule is Br.CC1CCCC(C(O)c2ccc(O)c(N)c2)N1. The standard InChI is InChI=1S/C13H20N2O2.BrH/c1-8-3-2-4-11(15-8)13(17)9-5-6-12(16)10(14)7-9;/h5-8,11,13,15-17H,2-4,14H2,1H3;1H. The average Bonchev–Trinajstić information content (AvgIpc) is 2.32. The summed E-state index contributed by atoms with van der Waals surface area (Å²) in [6.45, 7) is 2.13. The topological polar surface area (TPSA) is 78.5 Å². The minimum absolute atomic E-state index is 0. The van der Waals surface area contributed by atoms with Crippen LogP contribution in [-0.4, -0.2) is 22.3 Å². The third-order valence-electron chi connectivity index (χ3n) is 3.43. The van der Waals surface area contributed by atoms with Crippen molar-refractivity contribution in [3.05, 3.63) is 23.8 Å². The number of nitrogen functional groups attached to an aromatic ring is 1. The number of aliphatic hydroxyl groups is 1. The highest BCUT2D eigenvalue weighted by Crippen LogP contribution is 2.28. The largest absolute Gasteiger partial charge is 0.506 e. The highest BCUT2D eigenvalue weighted by Gasteiger charge is 2.25. The first kappa shape index (κ1) is 15.3.